The highest BCUT2D eigenvalue weighted by Gasteiger charge is 2.06. The van der Waals surface area contributed by atoms with Gasteiger partial charge in [0.05, 0.1) is 58.0 Å². The number of nitrogens with zero attached hydrogens (tertiary/aromatic N) is 6. The zero-order valence-corrected chi connectivity index (χ0v) is 23.3. The van der Waals surface area contributed by atoms with Gasteiger partial charge in [0.15, 0.2) is 0 Å². The molecule has 8 heteroatoms. The van der Waals surface area contributed by atoms with Crippen LogP contribution in [0, 0.1) is 22.7 Å². The van der Waals surface area contributed by atoms with E-state index in [0.29, 0.717) is 11.1 Å². The van der Waals surface area contributed by atoms with Crippen molar-refractivity contribution in [2.24, 2.45) is 0 Å². The molecule has 0 N–H and O–H groups in total. The fraction of sp³-hybridized carbons (Fsp3) is 0.0667. The SMILES string of the molecule is N#Cc1ccc2c(c1)ncn2Cc1ccc(Br)cc1.N#Cc1ccc2ncn(Cc3ccc(Br)cc3)c2c1. The third kappa shape index (κ3) is 5.84. The van der Waals surface area contributed by atoms with Gasteiger partial charge in [0, 0.05) is 22.0 Å². The van der Waals surface area contributed by atoms with Crippen molar-refractivity contribution in [3.63, 3.8) is 0 Å². The molecule has 0 radical (unpaired) electrons. The van der Waals surface area contributed by atoms with Gasteiger partial charge in [0.2, 0.25) is 0 Å². The Morgan fingerprint density at radius 1 is 0.579 bits per heavy atom. The Morgan fingerprint density at radius 3 is 1.66 bits per heavy atom. The summed E-state index contributed by atoms with van der Waals surface area (Å²) >= 11 is 6.86. The zero-order valence-electron chi connectivity index (χ0n) is 20.1. The quantitative estimate of drug-likeness (QED) is 0.204. The maximum absolute atomic E-state index is 8.96. The maximum atomic E-state index is 8.96. The van der Waals surface area contributed by atoms with Crippen LogP contribution in [0.3, 0.4) is 0 Å². The lowest BCUT2D eigenvalue weighted by atomic mass is 10.2. The Bertz CT molecular complexity index is 1800. The number of fused-ring (bicyclic) bond motifs is 2. The minimum Gasteiger partial charge on any atom is -0.326 e. The van der Waals surface area contributed by atoms with E-state index >= 15 is 0 Å². The van der Waals surface area contributed by atoms with Crippen LogP contribution in [-0.4, -0.2) is 19.1 Å². The summed E-state index contributed by atoms with van der Waals surface area (Å²) in [6.45, 7) is 1.52. The molecular weight excluding hydrogens is 604 g/mol. The highest BCUT2D eigenvalue weighted by molar-refractivity contribution is 9.10. The fourth-order valence-electron chi connectivity index (χ4n) is 4.08. The molecule has 184 valence electrons. The summed E-state index contributed by atoms with van der Waals surface area (Å²) in [5, 5.41) is 17.8. The third-order valence-electron chi connectivity index (χ3n) is 6.03. The van der Waals surface area contributed by atoms with Crippen LogP contribution in [0.1, 0.15) is 22.3 Å². The molecule has 2 aromatic heterocycles. The molecule has 2 heterocycles. The van der Waals surface area contributed by atoms with Gasteiger partial charge in [-0.2, -0.15) is 10.5 Å². The summed E-state index contributed by atoms with van der Waals surface area (Å²) < 4.78 is 6.28. The molecule has 0 aliphatic carbocycles. The highest BCUT2D eigenvalue weighted by Crippen LogP contribution is 2.19. The number of rotatable bonds is 4. The van der Waals surface area contributed by atoms with Crippen molar-refractivity contribution in [3.8, 4) is 12.1 Å². The van der Waals surface area contributed by atoms with Crippen LogP contribution in [0.2, 0.25) is 0 Å². The van der Waals surface area contributed by atoms with Crippen molar-refractivity contribution in [3.05, 3.63) is 129 Å². The van der Waals surface area contributed by atoms with Gasteiger partial charge in [-0.3, -0.25) is 0 Å². The zero-order chi connectivity index (χ0) is 26.5. The molecule has 0 amide bonds. The number of benzene rings is 4. The van der Waals surface area contributed by atoms with Crippen LogP contribution in [-0.2, 0) is 13.1 Å². The largest absolute Gasteiger partial charge is 0.326 e. The highest BCUT2D eigenvalue weighted by atomic mass is 79.9. The van der Waals surface area contributed by atoms with Gasteiger partial charge in [-0.25, -0.2) is 9.97 Å². The van der Waals surface area contributed by atoms with E-state index in [9.17, 15) is 0 Å². The third-order valence-corrected chi connectivity index (χ3v) is 7.09. The number of imidazole rings is 2. The predicted molar refractivity (Wildman–Crippen MR) is 155 cm³/mol. The molecule has 0 saturated heterocycles. The normalized spacial score (nSPS) is 10.5. The van der Waals surface area contributed by atoms with Crippen molar-refractivity contribution < 1.29 is 0 Å². The molecule has 4 aromatic carbocycles. The molecule has 0 aliphatic heterocycles. The standard InChI is InChI=1S/2C15H10BrN3/c16-13-4-1-11(2-5-13)9-19-10-18-14-7-12(8-17)3-6-15(14)19;16-13-4-1-11(2-5-13)9-19-10-18-14-6-3-12(8-17)7-15(14)19/h2*1-7,10H,9H2. The van der Waals surface area contributed by atoms with Crippen molar-refractivity contribution in [1.82, 2.24) is 19.1 Å². The molecule has 0 saturated carbocycles. The van der Waals surface area contributed by atoms with Crippen molar-refractivity contribution >= 4 is 53.9 Å². The van der Waals surface area contributed by atoms with E-state index in [0.717, 1.165) is 44.1 Å². The molecule has 0 atom stereocenters. The minimum absolute atomic E-state index is 0.640. The second-order valence-corrected chi connectivity index (χ2v) is 10.5. The fourth-order valence-corrected chi connectivity index (χ4v) is 4.61. The second kappa shape index (κ2) is 11.4. The maximum Gasteiger partial charge on any atom is 0.0992 e. The van der Waals surface area contributed by atoms with Gasteiger partial charge in [-0.05, 0) is 71.8 Å². The van der Waals surface area contributed by atoms with Gasteiger partial charge in [-0.1, -0.05) is 56.1 Å². The minimum atomic E-state index is 0.640. The monoisotopic (exact) mass is 622 g/mol. The number of aromatic nitrogens is 4. The summed E-state index contributed by atoms with van der Waals surface area (Å²) in [6, 6.07) is 31.8. The van der Waals surface area contributed by atoms with Crippen LogP contribution in [0.25, 0.3) is 22.1 Å². The molecule has 6 rings (SSSR count). The van der Waals surface area contributed by atoms with Crippen molar-refractivity contribution in [1.29, 1.82) is 10.5 Å². The second-order valence-electron chi connectivity index (χ2n) is 8.63. The first kappa shape index (κ1) is 25.4. The Morgan fingerprint density at radius 2 is 1.08 bits per heavy atom. The summed E-state index contributed by atoms with van der Waals surface area (Å²) in [7, 11) is 0. The Kier molecular flexibility index (Phi) is 7.65. The summed E-state index contributed by atoms with van der Waals surface area (Å²) in [5.74, 6) is 0. The summed E-state index contributed by atoms with van der Waals surface area (Å²) in [6.07, 6.45) is 3.63. The Labute approximate surface area is 236 Å². The number of hydrogen-bond acceptors (Lipinski definition) is 4. The van der Waals surface area contributed by atoms with E-state index in [4.69, 9.17) is 10.5 Å². The first-order valence-electron chi connectivity index (χ1n) is 11.7. The van der Waals surface area contributed by atoms with Gasteiger partial charge >= 0.3 is 0 Å². The molecule has 0 aliphatic rings. The first-order valence-corrected chi connectivity index (χ1v) is 13.3. The van der Waals surface area contributed by atoms with Crippen LogP contribution in [0.4, 0.5) is 0 Å². The average molecular weight is 624 g/mol. The lowest BCUT2D eigenvalue weighted by Crippen LogP contribution is -1.97. The summed E-state index contributed by atoms with van der Waals surface area (Å²) in [5.41, 5.74) is 7.51. The number of hydrogen-bond donors (Lipinski definition) is 0. The predicted octanol–water partition coefficient (Wildman–Crippen LogP) is 7.44. The van der Waals surface area contributed by atoms with E-state index in [1.54, 1.807) is 6.07 Å². The van der Waals surface area contributed by atoms with Crippen LogP contribution in [0.5, 0.6) is 0 Å². The Balaban J connectivity index is 0.000000155. The molecular formula is C30H20Br2N6. The molecule has 6 aromatic rings. The average Bonchev–Trinajstić information content (AvgIpc) is 3.54. The van der Waals surface area contributed by atoms with Gasteiger partial charge in [0.25, 0.3) is 0 Å². The van der Waals surface area contributed by atoms with Crippen LogP contribution >= 0.6 is 31.9 Å². The van der Waals surface area contributed by atoms with Gasteiger partial charge < -0.3 is 9.13 Å². The molecule has 0 unspecified atom stereocenters. The van der Waals surface area contributed by atoms with Crippen molar-refractivity contribution in [2.75, 3.05) is 0 Å². The van der Waals surface area contributed by atoms with Crippen molar-refractivity contribution in [2.45, 2.75) is 13.1 Å². The van der Waals surface area contributed by atoms with E-state index < -0.39 is 0 Å². The number of nitriles is 2. The lowest BCUT2D eigenvalue weighted by molar-refractivity contribution is 0.824. The topological polar surface area (TPSA) is 83.2 Å². The van der Waals surface area contributed by atoms with E-state index in [1.165, 1.54) is 11.1 Å². The van der Waals surface area contributed by atoms with Gasteiger partial charge in [0.1, 0.15) is 0 Å². The first-order chi connectivity index (χ1) is 18.5. The molecule has 38 heavy (non-hydrogen) atoms. The Hall–Kier alpha value is -4.24. The van der Waals surface area contributed by atoms with E-state index in [2.05, 4.69) is 87.4 Å². The smallest absolute Gasteiger partial charge is 0.0992 e. The molecule has 0 fully saturated rings. The lowest BCUT2D eigenvalue weighted by Gasteiger charge is -2.05. The van der Waals surface area contributed by atoms with E-state index in [-0.39, 0.29) is 0 Å². The van der Waals surface area contributed by atoms with Crippen LogP contribution in [0.15, 0.2) is 107 Å². The molecule has 0 spiro atoms. The number of halogens is 2. The van der Waals surface area contributed by atoms with E-state index in [1.807, 2.05) is 67.3 Å². The summed E-state index contributed by atoms with van der Waals surface area (Å²) in [4.78, 5) is 8.70. The molecule has 0 bridgehead atoms. The molecule has 6 nitrogen and oxygen atoms in total. The van der Waals surface area contributed by atoms with Gasteiger partial charge in [-0.15, -0.1) is 0 Å². The van der Waals surface area contributed by atoms with Crippen LogP contribution < -0.4 is 0 Å².